The molecule has 0 heterocycles. The van der Waals surface area contributed by atoms with Crippen LogP contribution in [0.3, 0.4) is 0 Å². The molecule has 0 unspecified atom stereocenters. The highest BCUT2D eigenvalue weighted by Gasteiger charge is 2.08. The molecule has 1 rings (SSSR count). The van der Waals surface area contributed by atoms with E-state index in [-0.39, 0.29) is 5.84 Å². The van der Waals surface area contributed by atoms with E-state index < -0.39 is 0 Å². The minimum atomic E-state index is 0.0443. The van der Waals surface area contributed by atoms with E-state index in [2.05, 4.69) is 10.5 Å². The Morgan fingerprint density at radius 3 is 2.87 bits per heavy atom. The molecule has 5 heteroatoms. The van der Waals surface area contributed by atoms with E-state index >= 15 is 0 Å². The van der Waals surface area contributed by atoms with Crippen LogP contribution in [0.4, 0.5) is 0 Å². The molecule has 1 aromatic carbocycles. The van der Waals surface area contributed by atoms with Gasteiger partial charge in [0.1, 0.15) is 5.75 Å². The minimum absolute atomic E-state index is 0.0443. The molecule has 0 aliphatic rings. The highest BCUT2D eigenvalue weighted by Crippen LogP contribution is 2.19. The Bertz CT molecular complexity index is 364. The van der Waals surface area contributed by atoms with E-state index in [1.165, 1.54) is 0 Å². The number of rotatable bonds is 4. The van der Waals surface area contributed by atoms with E-state index in [0.29, 0.717) is 11.3 Å². The maximum atomic E-state index is 8.58. The Kier molecular flexibility index (Phi) is 3.93. The largest absolute Gasteiger partial charge is 0.496 e. The van der Waals surface area contributed by atoms with Crippen molar-refractivity contribution in [2.45, 2.75) is 6.54 Å². The number of oxime groups is 1. The van der Waals surface area contributed by atoms with Crippen LogP contribution in [0.25, 0.3) is 0 Å². The van der Waals surface area contributed by atoms with Gasteiger partial charge in [-0.3, -0.25) is 0 Å². The molecule has 0 bridgehead atoms. The molecular weight excluding hydrogens is 194 g/mol. The van der Waals surface area contributed by atoms with Gasteiger partial charge in [-0.15, -0.1) is 0 Å². The summed E-state index contributed by atoms with van der Waals surface area (Å²) in [4.78, 5) is 0. The van der Waals surface area contributed by atoms with Crippen LogP contribution in [-0.4, -0.2) is 25.2 Å². The first-order valence-electron chi connectivity index (χ1n) is 4.52. The first-order valence-corrected chi connectivity index (χ1v) is 4.52. The van der Waals surface area contributed by atoms with Crippen LogP contribution >= 0.6 is 0 Å². The molecule has 0 radical (unpaired) electrons. The van der Waals surface area contributed by atoms with Crippen molar-refractivity contribution in [1.82, 2.24) is 5.32 Å². The molecule has 0 atom stereocenters. The molecule has 15 heavy (non-hydrogen) atoms. The number of amidine groups is 1. The summed E-state index contributed by atoms with van der Waals surface area (Å²) in [7, 11) is 3.41. The number of nitrogens with one attached hydrogen (secondary N) is 1. The first kappa shape index (κ1) is 11.3. The van der Waals surface area contributed by atoms with E-state index in [1.807, 2.05) is 19.2 Å². The summed E-state index contributed by atoms with van der Waals surface area (Å²) >= 11 is 0. The molecule has 0 fully saturated rings. The normalized spacial score (nSPS) is 11.5. The fraction of sp³-hybridized carbons (Fsp3) is 0.300. The quantitative estimate of drug-likeness (QED) is 0.292. The smallest absolute Gasteiger partial charge is 0.173 e. The summed E-state index contributed by atoms with van der Waals surface area (Å²) in [6, 6.07) is 5.51. The maximum absolute atomic E-state index is 8.58. The van der Waals surface area contributed by atoms with Gasteiger partial charge in [-0.25, -0.2) is 0 Å². The monoisotopic (exact) mass is 209 g/mol. The SMILES string of the molecule is CNCc1ccc(/C(N)=N/O)c(OC)c1. The lowest BCUT2D eigenvalue weighted by atomic mass is 10.1. The van der Waals surface area contributed by atoms with Crippen LogP contribution in [0, 0.1) is 0 Å². The Balaban J connectivity index is 3.09. The van der Waals surface area contributed by atoms with Crippen molar-refractivity contribution in [2.75, 3.05) is 14.2 Å². The topological polar surface area (TPSA) is 79.9 Å². The van der Waals surface area contributed by atoms with Crippen molar-refractivity contribution in [3.05, 3.63) is 29.3 Å². The lowest BCUT2D eigenvalue weighted by molar-refractivity contribution is 0.318. The van der Waals surface area contributed by atoms with E-state index in [9.17, 15) is 0 Å². The third-order valence-electron chi connectivity index (χ3n) is 2.03. The fourth-order valence-corrected chi connectivity index (χ4v) is 1.32. The summed E-state index contributed by atoms with van der Waals surface area (Å²) in [5.74, 6) is 0.640. The molecule has 0 spiro atoms. The average molecular weight is 209 g/mol. The van der Waals surface area contributed by atoms with Crippen LogP contribution in [0.5, 0.6) is 5.75 Å². The number of hydrogen-bond donors (Lipinski definition) is 3. The van der Waals surface area contributed by atoms with Gasteiger partial charge in [0.25, 0.3) is 0 Å². The van der Waals surface area contributed by atoms with Crippen molar-refractivity contribution < 1.29 is 9.94 Å². The minimum Gasteiger partial charge on any atom is -0.496 e. The van der Waals surface area contributed by atoms with Crippen LogP contribution < -0.4 is 15.8 Å². The second-order valence-corrected chi connectivity index (χ2v) is 3.05. The molecule has 5 nitrogen and oxygen atoms in total. The molecule has 0 saturated heterocycles. The average Bonchev–Trinajstić information content (AvgIpc) is 2.28. The van der Waals surface area contributed by atoms with Gasteiger partial charge in [-0.05, 0) is 24.7 Å². The van der Waals surface area contributed by atoms with E-state index in [1.54, 1.807) is 13.2 Å². The maximum Gasteiger partial charge on any atom is 0.173 e. The lowest BCUT2D eigenvalue weighted by Crippen LogP contribution is -2.15. The number of ether oxygens (including phenoxy) is 1. The van der Waals surface area contributed by atoms with Crippen molar-refractivity contribution in [3.8, 4) is 5.75 Å². The number of benzene rings is 1. The van der Waals surface area contributed by atoms with Gasteiger partial charge in [-0.1, -0.05) is 11.2 Å². The van der Waals surface area contributed by atoms with Gasteiger partial charge in [0.05, 0.1) is 12.7 Å². The summed E-state index contributed by atoms with van der Waals surface area (Å²) in [5, 5.41) is 14.5. The zero-order valence-electron chi connectivity index (χ0n) is 8.82. The lowest BCUT2D eigenvalue weighted by Gasteiger charge is -2.09. The Labute approximate surface area is 88.5 Å². The van der Waals surface area contributed by atoms with Crippen LogP contribution in [-0.2, 0) is 6.54 Å². The van der Waals surface area contributed by atoms with Crippen molar-refractivity contribution in [3.63, 3.8) is 0 Å². The molecule has 82 valence electrons. The predicted molar refractivity (Wildman–Crippen MR) is 58.3 cm³/mol. The third kappa shape index (κ3) is 2.60. The first-order chi connectivity index (χ1) is 7.22. The number of methoxy groups -OCH3 is 1. The fourth-order valence-electron chi connectivity index (χ4n) is 1.32. The standard InChI is InChI=1S/C10H15N3O2/c1-12-6-7-3-4-8(10(11)13-14)9(5-7)15-2/h3-5,12,14H,6H2,1-2H3,(H2,11,13). The second kappa shape index (κ2) is 5.21. The van der Waals surface area contributed by atoms with Crippen molar-refractivity contribution >= 4 is 5.84 Å². The van der Waals surface area contributed by atoms with Crippen molar-refractivity contribution in [2.24, 2.45) is 10.9 Å². The van der Waals surface area contributed by atoms with Crippen LogP contribution in [0.2, 0.25) is 0 Å². The summed E-state index contributed by atoms with van der Waals surface area (Å²) in [6.07, 6.45) is 0. The van der Waals surface area contributed by atoms with Crippen LogP contribution in [0.1, 0.15) is 11.1 Å². The molecular formula is C10H15N3O2. The van der Waals surface area contributed by atoms with Gasteiger partial charge in [0.15, 0.2) is 5.84 Å². The molecule has 0 saturated carbocycles. The van der Waals surface area contributed by atoms with Gasteiger partial charge >= 0.3 is 0 Å². The summed E-state index contributed by atoms with van der Waals surface area (Å²) in [5.41, 5.74) is 7.16. The van der Waals surface area contributed by atoms with Crippen molar-refractivity contribution in [1.29, 1.82) is 0 Å². The zero-order valence-corrected chi connectivity index (χ0v) is 8.82. The van der Waals surface area contributed by atoms with Gasteiger partial charge in [0.2, 0.25) is 0 Å². The van der Waals surface area contributed by atoms with E-state index in [0.717, 1.165) is 12.1 Å². The van der Waals surface area contributed by atoms with Gasteiger partial charge < -0.3 is 21.0 Å². The Morgan fingerprint density at radius 2 is 2.33 bits per heavy atom. The van der Waals surface area contributed by atoms with Crippen LogP contribution in [0.15, 0.2) is 23.4 Å². The Morgan fingerprint density at radius 1 is 1.60 bits per heavy atom. The molecule has 4 N–H and O–H groups in total. The third-order valence-corrected chi connectivity index (χ3v) is 2.03. The summed E-state index contributed by atoms with van der Waals surface area (Å²) in [6.45, 7) is 0.743. The molecule has 0 aliphatic heterocycles. The van der Waals surface area contributed by atoms with Gasteiger partial charge in [-0.2, -0.15) is 0 Å². The van der Waals surface area contributed by atoms with Gasteiger partial charge in [0, 0.05) is 6.54 Å². The molecule has 0 aromatic heterocycles. The highest BCUT2D eigenvalue weighted by molar-refractivity contribution is 5.99. The summed E-state index contributed by atoms with van der Waals surface area (Å²) < 4.78 is 5.16. The molecule has 0 amide bonds. The zero-order chi connectivity index (χ0) is 11.3. The second-order valence-electron chi connectivity index (χ2n) is 3.05. The Hall–Kier alpha value is -1.75. The number of nitrogens with two attached hydrogens (primary N) is 1. The molecule has 1 aromatic rings. The molecule has 0 aliphatic carbocycles. The highest BCUT2D eigenvalue weighted by atomic mass is 16.5. The predicted octanol–water partition coefficient (Wildman–Crippen LogP) is 0.509. The van der Waals surface area contributed by atoms with E-state index in [4.69, 9.17) is 15.7 Å². The number of nitrogens with zero attached hydrogens (tertiary/aromatic N) is 1. The number of hydrogen-bond acceptors (Lipinski definition) is 4.